The Morgan fingerprint density at radius 1 is 1.12 bits per heavy atom. The number of hydrogen-bond donors (Lipinski definition) is 1. The predicted octanol–water partition coefficient (Wildman–Crippen LogP) is 4.89. The monoisotopic (exact) mass is 460 g/mol. The number of rotatable bonds is 7. The first-order chi connectivity index (χ1) is 16.1. The molecule has 33 heavy (non-hydrogen) atoms. The van der Waals surface area contributed by atoms with E-state index in [1.807, 2.05) is 48.5 Å². The van der Waals surface area contributed by atoms with Crippen LogP contribution in [0.1, 0.15) is 39.7 Å². The molecule has 2 aromatic carbocycles. The van der Waals surface area contributed by atoms with Gasteiger partial charge in [-0.1, -0.05) is 48.5 Å². The van der Waals surface area contributed by atoms with Crippen LogP contribution >= 0.6 is 11.3 Å². The molecule has 7 heteroatoms. The van der Waals surface area contributed by atoms with Gasteiger partial charge in [0, 0.05) is 11.3 Å². The van der Waals surface area contributed by atoms with Gasteiger partial charge >= 0.3 is 5.97 Å². The molecular weight excluding hydrogens is 436 g/mol. The summed E-state index contributed by atoms with van der Waals surface area (Å²) in [5.74, 6) is -0.235. The zero-order chi connectivity index (χ0) is 23.3. The molecule has 0 unspecified atom stereocenters. The van der Waals surface area contributed by atoms with Gasteiger partial charge in [-0.3, -0.25) is 4.79 Å². The third-order valence-corrected chi connectivity index (χ3v) is 6.89. The van der Waals surface area contributed by atoms with Crippen LogP contribution in [0.5, 0.6) is 5.75 Å². The first-order valence-corrected chi connectivity index (χ1v) is 11.6. The molecule has 1 N–H and O–H groups in total. The number of ether oxygens (including phenoxy) is 2. The number of anilines is 1. The van der Waals surface area contributed by atoms with Crippen molar-refractivity contribution < 1.29 is 19.1 Å². The van der Waals surface area contributed by atoms with Gasteiger partial charge in [0.25, 0.3) is 5.91 Å². The lowest BCUT2D eigenvalue weighted by molar-refractivity contribution is -0.118. The van der Waals surface area contributed by atoms with Gasteiger partial charge < -0.3 is 14.8 Å². The lowest BCUT2D eigenvalue weighted by atomic mass is 9.70. The SMILES string of the molecule is CCOC(=O)c1c(NC(=O)COc2ccccc2)sc2c1CC[C@@](C#N)(c1ccccc1)C2. The number of nitrogens with zero attached hydrogens (tertiary/aromatic N) is 1. The minimum absolute atomic E-state index is 0.180. The van der Waals surface area contributed by atoms with Crippen molar-refractivity contribution >= 4 is 28.2 Å². The second kappa shape index (κ2) is 9.88. The summed E-state index contributed by atoms with van der Waals surface area (Å²) in [6.07, 6.45) is 1.63. The van der Waals surface area contributed by atoms with Crippen molar-refractivity contribution in [2.45, 2.75) is 31.6 Å². The zero-order valence-electron chi connectivity index (χ0n) is 18.3. The van der Waals surface area contributed by atoms with Gasteiger partial charge in [0.05, 0.1) is 23.7 Å². The Labute approximate surface area is 196 Å². The smallest absolute Gasteiger partial charge is 0.341 e. The molecule has 4 rings (SSSR count). The highest BCUT2D eigenvalue weighted by atomic mass is 32.1. The summed E-state index contributed by atoms with van der Waals surface area (Å²) < 4.78 is 10.8. The van der Waals surface area contributed by atoms with E-state index in [1.54, 1.807) is 19.1 Å². The largest absolute Gasteiger partial charge is 0.484 e. The Balaban J connectivity index is 1.60. The quantitative estimate of drug-likeness (QED) is 0.507. The molecule has 0 fully saturated rings. The van der Waals surface area contributed by atoms with E-state index in [4.69, 9.17) is 9.47 Å². The van der Waals surface area contributed by atoms with Crippen molar-refractivity contribution in [2.24, 2.45) is 0 Å². The van der Waals surface area contributed by atoms with Gasteiger partial charge in [-0.05, 0) is 43.0 Å². The van der Waals surface area contributed by atoms with Crippen LogP contribution in [0.2, 0.25) is 0 Å². The van der Waals surface area contributed by atoms with Crippen LogP contribution < -0.4 is 10.1 Å². The highest BCUT2D eigenvalue weighted by molar-refractivity contribution is 7.17. The van der Waals surface area contributed by atoms with Gasteiger partial charge in [0.2, 0.25) is 0 Å². The Morgan fingerprint density at radius 3 is 2.48 bits per heavy atom. The number of carbonyl (C=O) groups excluding carboxylic acids is 2. The first-order valence-electron chi connectivity index (χ1n) is 10.8. The normalized spacial score (nSPS) is 16.8. The molecular formula is C26H24N2O4S. The summed E-state index contributed by atoms with van der Waals surface area (Å²) >= 11 is 1.34. The van der Waals surface area contributed by atoms with E-state index >= 15 is 0 Å². The number of nitriles is 1. The summed E-state index contributed by atoms with van der Waals surface area (Å²) in [6.45, 7) is 1.81. The lowest BCUT2D eigenvalue weighted by Gasteiger charge is -2.31. The van der Waals surface area contributed by atoms with E-state index < -0.39 is 11.4 Å². The van der Waals surface area contributed by atoms with Crippen LogP contribution in [0.25, 0.3) is 0 Å². The molecule has 0 aliphatic heterocycles. The summed E-state index contributed by atoms with van der Waals surface area (Å²) in [6, 6.07) is 21.3. The summed E-state index contributed by atoms with van der Waals surface area (Å²) in [5, 5.41) is 13.4. The second-order valence-electron chi connectivity index (χ2n) is 7.82. The number of amides is 1. The number of para-hydroxylation sites is 1. The number of thiophene rings is 1. The fraction of sp³-hybridized carbons (Fsp3) is 0.269. The Bertz CT molecular complexity index is 1180. The fourth-order valence-corrected chi connectivity index (χ4v) is 5.49. The van der Waals surface area contributed by atoms with E-state index in [9.17, 15) is 14.9 Å². The summed E-state index contributed by atoms with van der Waals surface area (Å²) in [5.41, 5.74) is 1.55. The maximum absolute atomic E-state index is 12.8. The number of benzene rings is 2. The Hall–Kier alpha value is -3.63. The molecule has 0 spiro atoms. The maximum Gasteiger partial charge on any atom is 0.341 e. The maximum atomic E-state index is 12.8. The van der Waals surface area contributed by atoms with Crippen molar-refractivity contribution in [3.8, 4) is 11.8 Å². The summed E-state index contributed by atoms with van der Waals surface area (Å²) in [4.78, 5) is 26.3. The van der Waals surface area contributed by atoms with Gasteiger partial charge in [0.1, 0.15) is 10.8 Å². The molecule has 0 saturated carbocycles. The highest BCUT2D eigenvalue weighted by Gasteiger charge is 2.40. The molecule has 0 bridgehead atoms. The Kier molecular flexibility index (Phi) is 6.76. The van der Waals surface area contributed by atoms with Crippen molar-refractivity contribution in [1.82, 2.24) is 0 Å². The van der Waals surface area contributed by atoms with E-state index in [0.29, 0.717) is 35.6 Å². The van der Waals surface area contributed by atoms with E-state index in [1.165, 1.54) is 11.3 Å². The van der Waals surface area contributed by atoms with Crippen molar-refractivity contribution in [2.75, 3.05) is 18.5 Å². The van der Waals surface area contributed by atoms with Gasteiger partial charge in [0.15, 0.2) is 6.61 Å². The second-order valence-corrected chi connectivity index (χ2v) is 8.92. The molecule has 1 atom stereocenters. The molecule has 1 heterocycles. The number of fused-ring (bicyclic) bond motifs is 1. The van der Waals surface area contributed by atoms with E-state index in [2.05, 4.69) is 11.4 Å². The van der Waals surface area contributed by atoms with Crippen LogP contribution in [0.4, 0.5) is 5.00 Å². The molecule has 1 aliphatic carbocycles. The van der Waals surface area contributed by atoms with Crippen molar-refractivity contribution in [3.63, 3.8) is 0 Å². The predicted molar refractivity (Wildman–Crippen MR) is 127 cm³/mol. The molecule has 6 nitrogen and oxygen atoms in total. The number of esters is 1. The minimum Gasteiger partial charge on any atom is -0.484 e. The molecule has 168 valence electrons. The third-order valence-electron chi connectivity index (χ3n) is 5.74. The number of hydrogen-bond acceptors (Lipinski definition) is 6. The zero-order valence-corrected chi connectivity index (χ0v) is 19.1. The average molecular weight is 461 g/mol. The van der Waals surface area contributed by atoms with Gasteiger partial charge in [-0.25, -0.2) is 4.79 Å². The molecule has 3 aromatic rings. The van der Waals surface area contributed by atoms with Crippen LogP contribution in [-0.2, 0) is 27.8 Å². The van der Waals surface area contributed by atoms with E-state index in [-0.39, 0.29) is 19.1 Å². The van der Waals surface area contributed by atoms with Crippen LogP contribution in [0, 0.1) is 11.3 Å². The number of nitrogens with one attached hydrogen (secondary N) is 1. The van der Waals surface area contributed by atoms with Gasteiger partial charge in [-0.2, -0.15) is 5.26 Å². The van der Waals surface area contributed by atoms with Gasteiger partial charge in [-0.15, -0.1) is 11.3 Å². The molecule has 1 aliphatic rings. The standard InChI is InChI=1S/C26H24N2O4S/c1-2-31-25(30)23-20-13-14-26(17-27,18-9-5-3-6-10-18)15-21(20)33-24(23)28-22(29)16-32-19-11-7-4-8-12-19/h3-12H,2,13-16H2,1H3,(H,28,29)/t26-/m1/s1. The van der Waals surface area contributed by atoms with Crippen molar-refractivity contribution in [1.29, 1.82) is 5.26 Å². The summed E-state index contributed by atoms with van der Waals surface area (Å²) in [7, 11) is 0. The molecule has 0 saturated heterocycles. The Morgan fingerprint density at radius 2 is 1.82 bits per heavy atom. The fourth-order valence-electron chi connectivity index (χ4n) is 4.12. The minimum atomic E-state index is -0.664. The topological polar surface area (TPSA) is 88.4 Å². The van der Waals surface area contributed by atoms with Crippen LogP contribution in [0.15, 0.2) is 60.7 Å². The first kappa shape index (κ1) is 22.6. The lowest BCUT2D eigenvalue weighted by Crippen LogP contribution is -2.31. The molecule has 1 aromatic heterocycles. The molecule has 0 radical (unpaired) electrons. The third kappa shape index (κ3) is 4.76. The average Bonchev–Trinajstić information content (AvgIpc) is 3.20. The highest BCUT2D eigenvalue weighted by Crippen LogP contribution is 2.45. The van der Waals surface area contributed by atoms with Crippen LogP contribution in [-0.4, -0.2) is 25.1 Å². The van der Waals surface area contributed by atoms with Crippen molar-refractivity contribution in [3.05, 3.63) is 82.2 Å². The number of carbonyl (C=O) groups is 2. The van der Waals surface area contributed by atoms with Crippen LogP contribution in [0.3, 0.4) is 0 Å². The molecule has 1 amide bonds. The van der Waals surface area contributed by atoms with E-state index in [0.717, 1.165) is 16.0 Å².